The number of nitrogens with zero attached hydrogens (tertiary/aromatic N) is 2. The fourth-order valence-corrected chi connectivity index (χ4v) is 1.40. The van der Waals surface area contributed by atoms with Crippen molar-refractivity contribution < 1.29 is 0 Å². The molecule has 1 aromatic carbocycles. The molecule has 2 rings (SSSR count). The first-order valence-electron chi connectivity index (χ1n) is 4.46. The summed E-state index contributed by atoms with van der Waals surface area (Å²) in [5, 5.41) is 0. The van der Waals surface area contributed by atoms with Crippen LogP contribution in [0.1, 0.15) is 5.56 Å². The summed E-state index contributed by atoms with van der Waals surface area (Å²) in [5.41, 5.74) is 8.75. The minimum Gasteiger partial charge on any atom is -0.326 e. The molecule has 1 heterocycles. The van der Waals surface area contributed by atoms with Gasteiger partial charge in [-0.05, 0) is 11.6 Å². The van der Waals surface area contributed by atoms with Crippen molar-refractivity contribution in [2.75, 3.05) is 0 Å². The van der Waals surface area contributed by atoms with E-state index < -0.39 is 0 Å². The Labute approximate surface area is 94.8 Å². The zero-order chi connectivity index (χ0) is 9.80. The normalized spacial score (nSPS) is 9.40. The van der Waals surface area contributed by atoms with Crippen molar-refractivity contribution in [3.8, 4) is 11.3 Å². The van der Waals surface area contributed by atoms with Gasteiger partial charge >= 0.3 is 0 Å². The van der Waals surface area contributed by atoms with Gasteiger partial charge in [-0.2, -0.15) is 0 Å². The Bertz CT molecular complexity index is 417. The van der Waals surface area contributed by atoms with E-state index in [2.05, 4.69) is 9.97 Å². The molecule has 0 radical (unpaired) electrons. The smallest absolute Gasteiger partial charge is 0.116 e. The van der Waals surface area contributed by atoms with E-state index in [1.165, 1.54) is 0 Å². The van der Waals surface area contributed by atoms with Gasteiger partial charge in [0.25, 0.3) is 0 Å². The summed E-state index contributed by atoms with van der Waals surface area (Å²) >= 11 is 0. The molecular formula is C11H12ClN3. The van der Waals surface area contributed by atoms with Crippen molar-refractivity contribution in [1.82, 2.24) is 9.97 Å². The summed E-state index contributed by atoms with van der Waals surface area (Å²) in [6, 6.07) is 9.87. The quantitative estimate of drug-likeness (QED) is 0.844. The molecule has 0 amide bonds. The summed E-state index contributed by atoms with van der Waals surface area (Å²) in [4.78, 5) is 8.07. The maximum Gasteiger partial charge on any atom is 0.116 e. The van der Waals surface area contributed by atoms with Crippen LogP contribution in [0.25, 0.3) is 11.3 Å². The molecule has 0 saturated carbocycles. The number of hydrogen-bond donors (Lipinski definition) is 1. The highest BCUT2D eigenvalue weighted by Gasteiger charge is 2.02. The topological polar surface area (TPSA) is 51.8 Å². The Hall–Kier alpha value is -1.45. The van der Waals surface area contributed by atoms with Crippen LogP contribution in [0.5, 0.6) is 0 Å². The van der Waals surface area contributed by atoms with Crippen molar-refractivity contribution in [1.29, 1.82) is 0 Å². The highest BCUT2D eigenvalue weighted by molar-refractivity contribution is 5.85. The molecule has 0 aliphatic carbocycles. The lowest BCUT2D eigenvalue weighted by molar-refractivity contribution is 1.07. The van der Waals surface area contributed by atoms with Crippen LogP contribution < -0.4 is 5.73 Å². The lowest BCUT2D eigenvalue weighted by Gasteiger charge is -2.05. The summed E-state index contributed by atoms with van der Waals surface area (Å²) in [7, 11) is 0. The molecule has 0 bridgehead atoms. The monoisotopic (exact) mass is 221 g/mol. The molecule has 1 aromatic heterocycles. The van der Waals surface area contributed by atoms with Crippen LogP contribution in [0, 0.1) is 0 Å². The molecule has 0 atom stereocenters. The highest BCUT2D eigenvalue weighted by atomic mass is 35.5. The molecule has 2 aromatic rings. The van der Waals surface area contributed by atoms with Gasteiger partial charge in [0.05, 0.1) is 5.69 Å². The second-order valence-corrected chi connectivity index (χ2v) is 2.96. The molecule has 15 heavy (non-hydrogen) atoms. The molecule has 0 spiro atoms. The van der Waals surface area contributed by atoms with Gasteiger partial charge in [0, 0.05) is 18.3 Å². The first-order valence-corrected chi connectivity index (χ1v) is 4.46. The van der Waals surface area contributed by atoms with Crippen LogP contribution in [0.15, 0.2) is 42.9 Å². The molecule has 2 N–H and O–H groups in total. The molecule has 0 aliphatic rings. The van der Waals surface area contributed by atoms with E-state index in [1.807, 2.05) is 30.3 Å². The lowest BCUT2D eigenvalue weighted by atomic mass is 10.0. The molecular weight excluding hydrogens is 210 g/mol. The minimum absolute atomic E-state index is 0. The SMILES string of the molecule is Cl.NCc1ccccc1-c1ccncn1. The van der Waals surface area contributed by atoms with E-state index in [9.17, 15) is 0 Å². The van der Waals surface area contributed by atoms with Crippen molar-refractivity contribution in [3.63, 3.8) is 0 Å². The molecule has 0 aliphatic heterocycles. The Morgan fingerprint density at radius 1 is 1.13 bits per heavy atom. The first kappa shape index (κ1) is 11.6. The summed E-state index contributed by atoms with van der Waals surface area (Å²) in [6.07, 6.45) is 3.28. The maximum absolute atomic E-state index is 5.64. The van der Waals surface area contributed by atoms with E-state index in [0.29, 0.717) is 6.54 Å². The van der Waals surface area contributed by atoms with Gasteiger partial charge < -0.3 is 5.73 Å². The van der Waals surface area contributed by atoms with Crippen LogP contribution in [-0.4, -0.2) is 9.97 Å². The van der Waals surface area contributed by atoms with Gasteiger partial charge in [0.15, 0.2) is 0 Å². The number of aromatic nitrogens is 2. The van der Waals surface area contributed by atoms with Crippen molar-refractivity contribution in [3.05, 3.63) is 48.4 Å². The number of rotatable bonds is 2. The van der Waals surface area contributed by atoms with Crippen molar-refractivity contribution >= 4 is 12.4 Å². The van der Waals surface area contributed by atoms with Gasteiger partial charge in [-0.3, -0.25) is 0 Å². The maximum atomic E-state index is 5.64. The Balaban J connectivity index is 0.00000112. The summed E-state index contributed by atoms with van der Waals surface area (Å²) in [6.45, 7) is 0.528. The van der Waals surface area contributed by atoms with E-state index in [1.54, 1.807) is 12.5 Å². The number of benzene rings is 1. The van der Waals surface area contributed by atoms with E-state index in [-0.39, 0.29) is 12.4 Å². The van der Waals surface area contributed by atoms with Gasteiger partial charge in [-0.25, -0.2) is 9.97 Å². The first-order chi connectivity index (χ1) is 6.92. The minimum atomic E-state index is 0. The molecule has 78 valence electrons. The predicted molar refractivity (Wildman–Crippen MR) is 62.6 cm³/mol. The van der Waals surface area contributed by atoms with Crippen LogP contribution in [0.2, 0.25) is 0 Å². The van der Waals surface area contributed by atoms with E-state index in [4.69, 9.17) is 5.73 Å². The average Bonchev–Trinajstić information content (AvgIpc) is 2.30. The molecule has 4 heteroatoms. The van der Waals surface area contributed by atoms with Crippen molar-refractivity contribution in [2.45, 2.75) is 6.54 Å². The largest absolute Gasteiger partial charge is 0.326 e. The predicted octanol–water partition coefficient (Wildman–Crippen LogP) is 2.02. The Kier molecular flexibility index (Phi) is 4.21. The van der Waals surface area contributed by atoms with Gasteiger partial charge in [0.2, 0.25) is 0 Å². The van der Waals surface area contributed by atoms with Gasteiger partial charge in [-0.15, -0.1) is 12.4 Å². The van der Waals surface area contributed by atoms with Gasteiger partial charge in [0.1, 0.15) is 6.33 Å². The summed E-state index contributed by atoms with van der Waals surface area (Å²) in [5.74, 6) is 0. The van der Waals surface area contributed by atoms with Crippen LogP contribution in [-0.2, 0) is 6.54 Å². The number of nitrogens with two attached hydrogens (primary N) is 1. The van der Waals surface area contributed by atoms with Crippen LogP contribution in [0.4, 0.5) is 0 Å². The zero-order valence-corrected chi connectivity index (χ0v) is 8.95. The highest BCUT2D eigenvalue weighted by Crippen LogP contribution is 2.19. The lowest BCUT2D eigenvalue weighted by Crippen LogP contribution is -1.99. The zero-order valence-electron chi connectivity index (χ0n) is 8.13. The number of hydrogen-bond acceptors (Lipinski definition) is 3. The summed E-state index contributed by atoms with van der Waals surface area (Å²) < 4.78 is 0. The average molecular weight is 222 g/mol. The van der Waals surface area contributed by atoms with Crippen molar-refractivity contribution in [2.24, 2.45) is 5.73 Å². The Morgan fingerprint density at radius 3 is 2.60 bits per heavy atom. The molecule has 0 saturated heterocycles. The Morgan fingerprint density at radius 2 is 1.93 bits per heavy atom. The third-order valence-corrected chi connectivity index (χ3v) is 2.10. The third-order valence-electron chi connectivity index (χ3n) is 2.10. The van der Waals surface area contributed by atoms with Crippen LogP contribution >= 0.6 is 12.4 Å². The molecule has 0 fully saturated rings. The second kappa shape index (κ2) is 5.44. The standard InChI is InChI=1S/C11H11N3.ClH/c12-7-9-3-1-2-4-10(9)11-5-6-13-8-14-11;/h1-6,8H,7,12H2;1H. The van der Waals surface area contributed by atoms with Crippen LogP contribution in [0.3, 0.4) is 0 Å². The number of halogens is 1. The molecule has 3 nitrogen and oxygen atoms in total. The fourth-order valence-electron chi connectivity index (χ4n) is 1.40. The second-order valence-electron chi connectivity index (χ2n) is 2.96. The van der Waals surface area contributed by atoms with E-state index in [0.717, 1.165) is 16.8 Å². The van der Waals surface area contributed by atoms with E-state index >= 15 is 0 Å². The third kappa shape index (κ3) is 2.52. The fraction of sp³-hybridized carbons (Fsp3) is 0.0909. The van der Waals surface area contributed by atoms with Gasteiger partial charge in [-0.1, -0.05) is 24.3 Å². The molecule has 0 unspecified atom stereocenters.